The number of carbonyl (C=O) groups excluding carboxylic acids is 1. The predicted molar refractivity (Wildman–Crippen MR) is 196 cm³/mol. The van der Waals surface area contributed by atoms with Crippen molar-refractivity contribution in [3.8, 4) is 12.1 Å². The molecule has 0 spiro atoms. The minimum absolute atomic E-state index is 0.0800. The van der Waals surface area contributed by atoms with Crippen molar-refractivity contribution in [2.75, 3.05) is 31.1 Å². The summed E-state index contributed by atoms with van der Waals surface area (Å²) in [7, 11) is 3.06. The standard InChI is InChI=1S/C38H54ClFN5O2P/c1-5-8-20-38(19-7-3,21-9-6-2)26-47-37-42-33-31(17-16-29(34(33)48)15-14-28-12-10-11-13-32(28)39)35(43-37)44-23-24-45(36(46)27(4)40)30(25-44)18-22-41/h10-13,29-30,34H,4-9,14-21,23-26,48H2,1-3H3. The fraction of sp³-hybridized carbons (Fsp3) is 0.632. The summed E-state index contributed by atoms with van der Waals surface area (Å²) < 4.78 is 20.6. The molecule has 1 amide bonds. The van der Waals surface area contributed by atoms with Gasteiger partial charge in [0.15, 0.2) is 5.83 Å². The lowest BCUT2D eigenvalue weighted by atomic mass is 9.75. The molecular weight excluding hydrogens is 644 g/mol. The van der Waals surface area contributed by atoms with Crippen molar-refractivity contribution in [3.05, 3.63) is 58.5 Å². The Morgan fingerprint density at radius 1 is 1.15 bits per heavy atom. The van der Waals surface area contributed by atoms with Crippen LogP contribution < -0.4 is 9.64 Å². The number of nitriles is 1. The third-order valence-electron chi connectivity index (χ3n) is 10.3. The number of rotatable bonds is 17. The van der Waals surface area contributed by atoms with Crippen molar-refractivity contribution in [3.63, 3.8) is 0 Å². The highest BCUT2D eigenvalue weighted by molar-refractivity contribution is 7.17. The highest BCUT2D eigenvalue weighted by Crippen LogP contribution is 2.46. The van der Waals surface area contributed by atoms with Crippen LogP contribution >= 0.6 is 20.8 Å². The molecule has 0 bridgehead atoms. The van der Waals surface area contributed by atoms with Crippen LogP contribution in [0.15, 0.2) is 36.7 Å². The maximum Gasteiger partial charge on any atom is 0.318 e. The molecule has 4 atom stereocenters. The molecule has 10 heteroatoms. The molecule has 2 aliphatic rings. The first-order valence-corrected chi connectivity index (χ1v) is 19.0. The van der Waals surface area contributed by atoms with Crippen LogP contribution in [0.3, 0.4) is 0 Å². The van der Waals surface area contributed by atoms with Crippen LogP contribution in [0.1, 0.15) is 114 Å². The average molecular weight is 698 g/mol. The molecule has 1 aromatic heterocycles. The third kappa shape index (κ3) is 9.48. The van der Waals surface area contributed by atoms with E-state index in [2.05, 4.69) is 53.6 Å². The van der Waals surface area contributed by atoms with Crippen molar-refractivity contribution in [1.82, 2.24) is 14.9 Å². The number of anilines is 1. The summed E-state index contributed by atoms with van der Waals surface area (Å²) in [6.07, 6.45) is 12.9. The molecule has 4 rings (SSSR count). The summed E-state index contributed by atoms with van der Waals surface area (Å²) in [6, 6.07) is 10.2. The summed E-state index contributed by atoms with van der Waals surface area (Å²) in [5, 5.41) is 10.4. The number of nitrogens with zero attached hydrogens (tertiary/aromatic N) is 5. The van der Waals surface area contributed by atoms with E-state index in [-0.39, 0.29) is 24.0 Å². The van der Waals surface area contributed by atoms with Crippen molar-refractivity contribution in [2.24, 2.45) is 11.3 Å². The van der Waals surface area contributed by atoms with Gasteiger partial charge in [0, 0.05) is 41.3 Å². The molecule has 1 aliphatic carbocycles. The predicted octanol–water partition coefficient (Wildman–Crippen LogP) is 9.20. The molecule has 1 aromatic carbocycles. The van der Waals surface area contributed by atoms with Crippen LogP contribution in [0, 0.1) is 22.7 Å². The Kier molecular flexibility index (Phi) is 14.5. The number of unbranched alkanes of at least 4 members (excludes halogenated alkanes) is 2. The summed E-state index contributed by atoms with van der Waals surface area (Å²) in [4.78, 5) is 26.4. The zero-order valence-electron chi connectivity index (χ0n) is 29.2. The Hall–Kier alpha value is -2.75. The number of ether oxygens (including phenoxy) is 1. The number of benzene rings is 1. The van der Waals surface area contributed by atoms with E-state index in [0.29, 0.717) is 31.6 Å². The number of halogens is 2. The van der Waals surface area contributed by atoms with Crippen LogP contribution in [0.4, 0.5) is 10.2 Å². The minimum atomic E-state index is -1.00. The van der Waals surface area contributed by atoms with Gasteiger partial charge in [0.25, 0.3) is 5.91 Å². The van der Waals surface area contributed by atoms with E-state index in [0.717, 1.165) is 91.9 Å². The van der Waals surface area contributed by atoms with E-state index in [4.69, 9.17) is 26.3 Å². The lowest BCUT2D eigenvalue weighted by Crippen LogP contribution is -2.55. The molecular formula is C38H54ClFN5O2P. The lowest BCUT2D eigenvalue weighted by molar-refractivity contribution is -0.131. The SMILES string of the molecule is C=C(F)C(=O)N1CCN(c2nc(OCC(CCC)(CCCC)CCCC)nc3c2CCC(CCc2ccccc2Cl)C3P)CC1CC#N. The van der Waals surface area contributed by atoms with Gasteiger partial charge in [-0.25, -0.2) is 4.39 Å². The van der Waals surface area contributed by atoms with E-state index >= 15 is 0 Å². The van der Waals surface area contributed by atoms with Gasteiger partial charge in [0.1, 0.15) is 5.82 Å². The van der Waals surface area contributed by atoms with Crippen LogP contribution in [0.2, 0.25) is 5.02 Å². The summed E-state index contributed by atoms with van der Waals surface area (Å²) in [5.74, 6) is -0.554. The average Bonchev–Trinajstić information content (AvgIpc) is 3.09. The van der Waals surface area contributed by atoms with Gasteiger partial charge in [0.2, 0.25) is 0 Å². The first kappa shape index (κ1) is 38.1. The Bertz CT molecular complexity index is 1430. The molecule has 0 radical (unpaired) electrons. The van der Waals surface area contributed by atoms with E-state index in [9.17, 15) is 14.4 Å². The molecule has 0 saturated carbocycles. The summed E-state index contributed by atoms with van der Waals surface area (Å²) in [5.41, 5.74) is 3.43. The van der Waals surface area contributed by atoms with Gasteiger partial charge in [-0.2, -0.15) is 15.2 Å². The Balaban J connectivity index is 1.68. The van der Waals surface area contributed by atoms with Gasteiger partial charge < -0.3 is 14.5 Å². The first-order chi connectivity index (χ1) is 23.2. The number of hydrogen-bond donors (Lipinski definition) is 0. The Labute approximate surface area is 294 Å². The fourth-order valence-electron chi connectivity index (χ4n) is 7.60. The molecule has 1 aliphatic heterocycles. The molecule has 0 N–H and O–H groups in total. The van der Waals surface area contributed by atoms with Crippen LogP contribution in [-0.2, 0) is 17.6 Å². The van der Waals surface area contributed by atoms with E-state index < -0.39 is 17.8 Å². The number of fused-ring (bicyclic) bond motifs is 1. The third-order valence-corrected chi connectivity index (χ3v) is 11.6. The van der Waals surface area contributed by atoms with Crippen LogP contribution in [0.25, 0.3) is 0 Å². The second-order valence-electron chi connectivity index (χ2n) is 13.8. The summed E-state index contributed by atoms with van der Waals surface area (Å²) >= 11 is 6.51. The van der Waals surface area contributed by atoms with E-state index in [1.807, 2.05) is 18.2 Å². The maximum atomic E-state index is 13.9. The second-order valence-corrected chi connectivity index (χ2v) is 14.9. The maximum absolute atomic E-state index is 13.9. The highest BCUT2D eigenvalue weighted by Gasteiger charge is 2.37. The van der Waals surface area contributed by atoms with Gasteiger partial charge in [0.05, 0.1) is 30.8 Å². The Morgan fingerprint density at radius 3 is 2.52 bits per heavy atom. The van der Waals surface area contributed by atoms with Crippen LogP contribution in [-0.4, -0.2) is 53.1 Å². The molecule has 4 unspecified atom stereocenters. The lowest BCUT2D eigenvalue weighted by Gasteiger charge is -2.42. The largest absolute Gasteiger partial charge is 0.463 e. The fourth-order valence-corrected chi connectivity index (χ4v) is 8.49. The number of piperazine rings is 1. The van der Waals surface area contributed by atoms with Gasteiger partial charge in [-0.05, 0) is 62.5 Å². The smallest absolute Gasteiger partial charge is 0.318 e. The van der Waals surface area contributed by atoms with Gasteiger partial charge in [-0.15, -0.1) is 9.24 Å². The quantitative estimate of drug-likeness (QED) is 0.121. The molecule has 2 aromatic rings. The van der Waals surface area contributed by atoms with E-state index in [1.54, 1.807) is 0 Å². The monoisotopic (exact) mass is 697 g/mol. The second kappa shape index (κ2) is 18.3. The zero-order chi connectivity index (χ0) is 34.7. The molecule has 1 saturated heterocycles. The van der Waals surface area contributed by atoms with Crippen molar-refractivity contribution in [2.45, 2.75) is 116 Å². The Morgan fingerprint density at radius 2 is 1.88 bits per heavy atom. The first-order valence-electron chi connectivity index (χ1n) is 18.0. The van der Waals surface area contributed by atoms with Gasteiger partial charge in [-0.1, -0.05) is 89.3 Å². The van der Waals surface area contributed by atoms with Crippen molar-refractivity contribution >= 4 is 32.6 Å². The number of aromatic nitrogens is 2. The van der Waals surface area contributed by atoms with Gasteiger partial charge >= 0.3 is 6.01 Å². The van der Waals surface area contributed by atoms with Crippen molar-refractivity contribution < 1.29 is 13.9 Å². The van der Waals surface area contributed by atoms with Gasteiger partial charge in [-0.3, -0.25) is 4.79 Å². The number of aryl methyl sites for hydroxylation is 1. The normalized spacial score (nSPS) is 19.5. The number of hydrogen-bond acceptors (Lipinski definition) is 6. The molecule has 2 heterocycles. The minimum Gasteiger partial charge on any atom is -0.463 e. The molecule has 262 valence electrons. The molecule has 7 nitrogen and oxygen atoms in total. The molecule has 48 heavy (non-hydrogen) atoms. The highest BCUT2D eigenvalue weighted by atomic mass is 35.5. The molecule has 1 fully saturated rings. The van der Waals surface area contributed by atoms with E-state index in [1.165, 1.54) is 17.7 Å². The number of amides is 1. The van der Waals surface area contributed by atoms with Crippen molar-refractivity contribution in [1.29, 1.82) is 5.26 Å². The zero-order valence-corrected chi connectivity index (χ0v) is 31.1. The number of carbonyl (C=O) groups is 1. The van der Waals surface area contributed by atoms with Crippen LogP contribution in [0.5, 0.6) is 6.01 Å². The summed E-state index contributed by atoms with van der Waals surface area (Å²) in [6.45, 7) is 11.7. The topological polar surface area (TPSA) is 82.3 Å².